The minimum absolute atomic E-state index is 0.169. The largest absolute Gasteiger partial charge is 0.461 e. The van der Waals surface area contributed by atoms with Crippen LogP contribution in [0.25, 0.3) is 0 Å². The van der Waals surface area contributed by atoms with E-state index in [1.54, 1.807) is 19.2 Å². The van der Waals surface area contributed by atoms with Crippen molar-refractivity contribution in [2.45, 2.75) is 19.6 Å². The van der Waals surface area contributed by atoms with Crippen molar-refractivity contribution in [3.8, 4) is 5.97 Å². The summed E-state index contributed by atoms with van der Waals surface area (Å²) in [6, 6.07) is 3.57. The van der Waals surface area contributed by atoms with Crippen LogP contribution in [0.3, 0.4) is 0 Å². The highest BCUT2D eigenvalue weighted by Gasteiger charge is 2.22. The van der Waals surface area contributed by atoms with Gasteiger partial charge in [0.15, 0.2) is 0 Å². The average Bonchev–Trinajstić information content (AvgIpc) is 2.48. The molecule has 2 heterocycles. The van der Waals surface area contributed by atoms with Gasteiger partial charge >= 0.3 is 5.97 Å². The van der Waals surface area contributed by atoms with Crippen molar-refractivity contribution >= 4 is 18.4 Å². The maximum Gasteiger partial charge on any atom is 0.356 e. The Hall–Kier alpha value is -2.03. The molecule has 0 saturated carbocycles. The summed E-state index contributed by atoms with van der Waals surface area (Å²) in [6.07, 6.45) is 3.46. The summed E-state index contributed by atoms with van der Waals surface area (Å²) in [5.41, 5.74) is 1.32. The summed E-state index contributed by atoms with van der Waals surface area (Å²) in [6.45, 7) is 4.01. The number of carbonyl (C=O) groups is 1. The van der Waals surface area contributed by atoms with E-state index in [0.29, 0.717) is 12.3 Å². The van der Waals surface area contributed by atoms with Crippen LogP contribution in [0.4, 0.5) is 5.69 Å². The van der Waals surface area contributed by atoms with Crippen LogP contribution >= 0.6 is 0 Å². The van der Waals surface area contributed by atoms with Crippen LogP contribution in [0.1, 0.15) is 17.4 Å². The quantitative estimate of drug-likeness (QED) is 0.608. The summed E-state index contributed by atoms with van der Waals surface area (Å²) >= 11 is 0. The zero-order valence-corrected chi connectivity index (χ0v) is 11.0. The number of nitriles is 1. The summed E-state index contributed by atoms with van der Waals surface area (Å²) in [7, 11) is 0. The molecule has 0 amide bonds. The van der Waals surface area contributed by atoms with Crippen LogP contribution in [-0.2, 0) is 4.74 Å². The molecule has 0 bridgehead atoms. The predicted octanol–water partition coefficient (Wildman–Crippen LogP) is 1.64. The third-order valence-corrected chi connectivity index (χ3v) is 3.28. The summed E-state index contributed by atoms with van der Waals surface area (Å²) < 4.78 is 4.89. The van der Waals surface area contributed by atoms with Crippen molar-refractivity contribution in [2.75, 3.05) is 24.6 Å². The molecule has 1 fully saturated rings. The highest BCUT2D eigenvalue weighted by molar-refractivity contribution is 6.67. The number of hydrogen-bond acceptors (Lipinski definition) is 5. The first-order valence-corrected chi connectivity index (χ1v) is 6.52. The van der Waals surface area contributed by atoms with Crippen molar-refractivity contribution in [1.82, 2.24) is 4.98 Å². The lowest BCUT2D eigenvalue weighted by molar-refractivity contribution is 0.0519. The van der Waals surface area contributed by atoms with Gasteiger partial charge in [0, 0.05) is 19.1 Å². The summed E-state index contributed by atoms with van der Waals surface area (Å²) in [5, 5.41) is 8.86. The van der Waals surface area contributed by atoms with Crippen LogP contribution in [0.15, 0.2) is 18.3 Å². The fourth-order valence-electron chi connectivity index (χ4n) is 2.17. The van der Waals surface area contributed by atoms with E-state index in [9.17, 15) is 4.79 Å². The highest BCUT2D eigenvalue weighted by atomic mass is 16.5. The van der Waals surface area contributed by atoms with Gasteiger partial charge in [-0.3, -0.25) is 0 Å². The number of hydrogen-bond donors (Lipinski definition) is 0. The van der Waals surface area contributed by atoms with Gasteiger partial charge in [0.25, 0.3) is 6.71 Å². The molecule has 2 rings (SSSR count). The van der Waals surface area contributed by atoms with Crippen LogP contribution in [0.2, 0.25) is 12.6 Å². The summed E-state index contributed by atoms with van der Waals surface area (Å²) in [4.78, 5) is 17.8. The number of pyridine rings is 1. The van der Waals surface area contributed by atoms with Gasteiger partial charge in [-0.2, -0.15) is 0 Å². The van der Waals surface area contributed by atoms with E-state index in [1.165, 1.54) is 0 Å². The Bertz CT molecular complexity index is 476. The highest BCUT2D eigenvalue weighted by Crippen LogP contribution is 2.19. The molecule has 0 aliphatic carbocycles. The Morgan fingerprint density at radius 3 is 2.79 bits per heavy atom. The topological polar surface area (TPSA) is 66.2 Å². The fourth-order valence-corrected chi connectivity index (χ4v) is 2.17. The van der Waals surface area contributed by atoms with Gasteiger partial charge < -0.3 is 9.64 Å². The van der Waals surface area contributed by atoms with Crippen molar-refractivity contribution < 1.29 is 9.53 Å². The molecule has 5 nitrogen and oxygen atoms in total. The molecule has 6 heteroatoms. The van der Waals surface area contributed by atoms with E-state index in [0.717, 1.165) is 31.4 Å². The monoisotopic (exact) mass is 257 g/mol. The molecule has 19 heavy (non-hydrogen) atoms. The Kier molecular flexibility index (Phi) is 4.40. The Morgan fingerprint density at radius 2 is 2.26 bits per heavy atom. The number of nitrogens with zero attached hydrogens (tertiary/aromatic N) is 3. The van der Waals surface area contributed by atoms with Crippen LogP contribution in [-0.4, -0.2) is 37.4 Å². The van der Waals surface area contributed by atoms with E-state index in [2.05, 4.69) is 15.9 Å². The van der Waals surface area contributed by atoms with E-state index >= 15 is 0 Å². The van der Waals surface area contributed by atoms with Gasteiger partial charge in [0.2, 0.25) is 0 Å². The number of carbonyl (C=O) groups excluding carboxylic acids is 1. The predicted molar refractivity (Wildman–Crippen MR) is 73.4 cm³/mol. The minimum Gasteiger partial charge on any atom is -0.461 e. The van der Waals surface area contributed by atoms with E-state index in [-0.39, 0.29) is 6.71 Å². The van der Waals surface area contributed by atoms with Gasteiger partial charge in [0.05, 0.1) is 18.5 Å². The number of ether oxygens (including phenoxy) is 1. The first-order valence-electron chi connectivity index (χ1n) is 6.52. The van der Waals surface area contributed by atoms with Crippen LogP contribution in [0.5, 0.6) is 0 Å². The molecule has 1 saturated heterocycles. The maximum absolute atomic E-state index is 11.5. The molecule has 1 aliphatic rings. The van der Waals surface area contributed by atoms with Gasteiger partial charge in [-0.15, -0.1) is 0 Å². The third kappa shape index (κ3) is 3.25. The van der Waals surface area contributed by atoms with Crippen molar-refractivity contribution in [3.05, 3.63) is 24.0 Å². The van der Waals surface area contributed by atoms with Gasteiger partial charge in [0.1, 0.15) is 5.69 Å². The van der Waals surface area contributed by atoms with Crippen LogP contribution < -0.4 is 4.90 Å². The number of rotatable bonds is 3. The van der Waals surface area contributed by atoms with E-state index < -0.39 is 5.97 Å². The molecule has 1 aromatic heterocycles. The molecule has 0 spiro atoms. The van der Waals surface area contributed by atoms with Crippen LogP contribution in [0, 0.1) is 11.2 Å². The molecule has 0 unspecified atom stereocenters. The lowest BCUT2D eigenvalue weighted by Gasteiger charge is -2.29. The zero-order chi connectivity index (χ0) is 13.7. The first kappa shape index (κ1) is 13.4. The van der Waals surface area contributed by atoms with Crippen molar-refractivity contribution in [1.29, 1.82) is 5.26 Å². The molecule has 0 N–H and O–H groups in total. The lowest BCUT2D eigenvalue weighted by Crippen LogP contribution is -2.36. The molecule has 0 atom stereocenters. The Labute approximate surface area is 113 Å². The zero-order valence-electron chi connectivity index (χ0n) is 11.0. The summed E-state index contributed by atoms with van der Waals surface area (Å²) in [5.74, 6) is 1.92. The molecular weight excluding hydrogens is 241 g/mol. The second-order valence-electron chi connectivity index (χ2n) is 4.51. The second kappa shape index (κ2) is 6.23. The Balaban J connectivity index is 1.99. The normalized spacial score (nSPS) is 14.9. The molecule has 98 valence electrons. The molecule has 0 aromatic carbocycles. The van der Waals surface area contributed by atoms with Crippen molar-refractivity contribution in [2.24, 2.45) is 0 Å². The van der Waals surface area contributed by atoms with Gasteiger partial charge in [-0.25, -0.2) is 15.0 Å². The lowest BCUT2D eigenvalue weighted by atomic mass is 9.45. The van der Waals surface area contributed by atoms with E-state index in [1.807, 2.05) is 6.07 Å². The van der Waals surface area contributed by atoms with E-state index in [4.69, 9.17) is 10.00 Å². The molecule has 1 aliphatic heterocycles. The first-order chi connectivity index (χ1) is 9.24. The number of esters is 1. The molecule has 1 aromatic rings. The van der Waals surface area contributed by atoms with Gasteiger partial charge in [-0.1, -0.05) is 0 Å². The molecular formula is C13H16BN3O2. The van der Waals surface area contributed by atoms with Crippen molar-refractivity contribution in [3.63, 3.8) is 0 Å². The fraction of sp³-hybridized carbons (Fsp3) is 0.462. The minimum atomic E-state index is -0.391. The standard InChI is InChI=1S/C13H16BN3O2/c1-2-19-13(18)12-4-3-11(9-16-12)17-7-5-14(10-15)6-8-17/h3-4,9H,2,5-8H2,1H3. The Morgan fingerprint density at radius 1 is 1.53 bits per heavy atom. The second-order valence-corrected chi connectivity index (χ2v) is 4.51. The SMILES string of the molecule is CCOC(=O)c1ccc(N2CCB(C#N)CC2)cn1. The third-order valence-electron chi connectivity index (χ3n) is 3.28. The average molecular weight is 257 g/mol. The number of aromatic nitrogens is 1. The molecule has 0 radical (unpaired) electrons. The number of anilines is 1. The van der Waals surface area contributed by atoms with Gasteiger partial charge in [-0.05, 0) is 31.7 Å². The maximum atomic E-state index is 11.5. The smallest absolute Gasteiger partial charge is 0.356 e.